The van der Waals surface area contributed by atoms with E-state index in [9.17, 15) is 14.9 Å². The molecule has 1 aliphatic rings. The molecule has 2 aromatic rings. The Kier molecular flexibility index (Phi) is 6.26. The number of para-hydroxylation sites is 1. The standard InChI is InChI=1S/C18H21N3O5Se/c1-3-25-17-12(2)10-20(18(22)19-17)16-9-8-13(26-16)11-27-15-7-5-4-6-14(15)21(23)24/h4-7,10,13,16H,3,8-9,11H2,1-2H3/t13-,16+/m0/s1. The van der Waals surface area contributed by atoms with Crippen LogP contribution in [0.25, 0.3) is 0 Å². The Bertz CT molecular complexity index is 886. The molecule has 1 fully saturated rings. The second-order valence-corrected chi connectivity index (χ2v) is 8.41. The van der Waals surface area contributed by atoms with Gasteiger partial charge in [-0.05, 0) is 0 Å². The molecule has 0 saturated carbocycles. The summed E-state index contributed by atoms with van der Waals surface area (Å²) in [5.41, 5.74) is 0.557. The number of hydrogen-bond acceptors (Lipinski definition) is 6. The van der Waals surface area contributed by atoms with E-state index >= 15 is 0 Å². The minimum atomic E-state index is -0.390. The second kappa shape index (κ2) is 8.65. The van der Waals surface area contributed by atoms with E-state index < -0.39 is 0 Å². The number of rotatable bonds is 7. The summed E-state index contributed by atoms with van der Waals surface area (Å²) >= 11 is -0.0683. The average molecular weight is 438 g/mol. The summed E-state index contributed by atoms with van der Waals surface area (Å²) < 4.78 is 13.7. The molecule has 1 saturated heterocycles. The second-order valence-electron chi connectivity index (χ2n) is 6.18. The molecule has 1 aromatic carbocycles. The third-order valence-corrected chi connectivity index (χ3v) is 6.76. The van der Waals surface area contributed by atoms with Crippen molar-refractivity contribution < 1.29 is 14.4 Å². The van der Waals surface area contributed by atoms with Crippen molar-refractivity contribution in [1.82, 2.24) is 9.55 Å². The van der Waals surface area contributed by atoms with E-state index in [1.807, 2.05) is 19.9 Å². The summed E-state index contributed by atoms with van der Waals surface area (Å²) in [5.74, 6) is 0.355. The Balaban J connectivity index is 1.65. The SMILES string of the molecule is CCOc1nc(=O)n([C@H]2CC[C@@H](C[Se]c3ccccc3[N+](=O)[O-])O2)cc1C. The number of nitrogens with zero attached hydrogens (tertiary/aromatic N) is 3. The van der Waals surface area contributed by atoms with Crippen LogP contribution in [0.4, 0.5) is 5.69 Å². The molecule has 0 amide bonds. The van der Waals surface area contributed by atoms with Crippen molar-refractivity contribution in [3.63, 3.8) is 0 Å². The molecule has 2 atom stereocenters. The Hall–Kier alpha value is -2.22. The summed E-state index contributed by atoms with van der Waals surface area (Å²) in [6.45, 7) is 4.14. The van der Waals surface area contributed by atoms with Gasteiger partial charge in [-0.2, -0.15) is 0 Å². The zero-order valence-electron chi connectivity index (χ0n) is 15.2. The number of benzene rings is 1. The van der Waals surface area contributed by atoms with Crippen LogP contribution >= 0.6 is 0 Å². The number of aromatic nitrogens is 2. The predicted octanol–water partition coefficient (Wildman–Crippen LogP) is 1.98. The summed E-state index contributed by atoms with van der Waals surface area (Å²) in [5, 5.41) is 11.9. The van der Waals surface area contributed by atoms with Gasteiger partial charge in [-0.15, -0.1) is 0 Å². The summed E-state index contributed by atoms with van der Waals surface area (Å²) in [6, 6.07) is 6.82. The van der Waals surface area contributed by atoms with Crippen LogP contribution in [0.5, 0.6) is 5.88 Å². The molecule has 144 valence electrons. The molecule has 1 aromatic heterocycles. The Morgan fingerprint density at radius 2 is 2.19 bits per heavy atom. The van der Waals surface area contributed by atoms with Crippen molar-refractivity contribution in [3.05, 3.63) is 56.6 Å². The van der Waals surface area contributed by atoms with Gasteiger partial charge < -0.3 is 0 Å². The summed E-state index contributed by atoms with van der Waals surface area (Å²) in [4.78, 5) is 27.1. The van der Waals surface area contributed by atoms with Crippen molar-refractivity contribution in [3.8, 4) is 5.88 Å². The van der Waals surface area contributed by atoms with Crippen molar-refractivity contribution in [1.29, 1.82) is 0 Å². The van der Waals surface area contributed by atoms with E-state index in [-0.39, 0.29) is 43.6 Å². The monoisotopic (exact) mass is 439 g/mol. The normalized spacial score (nSPS) is 19.2. The van der Waals surface area contributed by atoms with Gasteiger partial charge in [0.2, 0.25) is 0 Å². The van der Waals surface area contributed by atoms with Gasteiger partial charge in [0.1, 0.15) is 0 Å². The van der Waals surface area contributed by atoms with Gasteiger partial charge in [-0.3, -0.25) is 0 Å². The quantitative estimate of drug-likeness (QED) is 0.373. The molecule has 9 heteroatoms. The van der Waals surface area contributed by atoms with Gasteiger partial charge in [-0.25, -0.2) is 0 Å². The summed E-state index contributed by atoms with van der Waals surface area (Å²) in [6.07, 6.45) is 2.87. The molecule has 0 spiro atoms. The molecule has 27 heavy (non-hydrogen) atoms. The molecule has 0 N–H and O–H groups in total. The first kappa shape index (κ1) is 19.5. The van der Waals surface area contributed by atoms with Crippen LogP contribution in [-0.4, -0.2) is 42.1 Å². The van der Waals surface area contributed by atoms with E-state index in [1.165, 1.54) is 10.6 Å². The fourth-order valence-electron chi connectivity index (χ4n) is 2.97. The van der Waals surface area contributed by atoms with Crippen molar-refractivity contribution >= 4 is 25.1 Å². The maximum atomic E-state index is 12.3. The van der Waals surface area contributed by atoms with E-state index in [2.05, 4.69) is 4.98 Å². The van der Waals surface area contributed by atoms with Gasteiger partial charge >= 0.3 is 163 Å². The molecule has 0 radical (unpaired) electrons. The van der Waals surface area contributed by atoms with E-state index in [1.54, 1.807) is 18.3 Å². The Morgan fingerprint density at radius 3 is 2.93 bits per heavy atom. The Morgan fingerprint density at radius 1 is 1.41 bits per heavy atom. The van der Waals surface area contributed by atoms with E-state index in [0.717, 1.165) is 21.8 Å². The third-order valence-electron chi connectivity index (χ3n) is 4.25. The number of nitro benzene ring substituents is 1. The van der Waals surface area contributed by atoms with Crippen LogP contribution in [-0.2, 0) is 4.74 Å². The number of nitro groups is 1. The van der Waals surface area contributed by atoms with Gasteiger partial charge in [0.25, 0.3) is 0 Å². The first-order valence-electron chi connectivity index (χ1n) is 8.73. The van der Waals surface area contributed by atoms with Crippen molar-refractivity contribution in [2.45, 2.75) is 44.3 Å². The van der Waals surface area contributed by atoms with Crippen LogP contribution in [0.1, 0.15) is 31.6 Å². The van der Waals surface area contributed by atoms with Gasteiger partial charge in [-0.1, -0.05) is 0 Å². The van der Waals surface area contributed by atoms with E-state index in [4.69, 9.17) is 9.47 Å². The van der Waals surface area contributed by atoms with Crippen molar-refractivity contribution in [2.75, 3.05) is 6.61 Å². The molecule has 0 unspecified atom stereocenters. The van der Waals surface area contributed by atoms with E-state index in [0.29, 0.717) is 18.9 Å². The molecule has 1 aliphatic heterocycles. The number of aryl methyl sites for hydroxylation is 1. The molecule has 8 nitrogen and oxygen atoms in total. The van der Waals surface area contributed by atoms with Crippen LogP contribution < -0.4 is 14.9 Å². The minimum absolute atomic E-state index is 0.0198. The molecule has 2 heterocycles. The zero-order chi connectivity index (χ0) is 19.4. The topological polar surface area (TPSA) is 96.5 Å². The molecular formula is C18H21N3O5Se. The maximum absolute atomic E-state index is 12.3. The average Bonchev–Trinajstić information content (AvgIpc) is 3.12. The number of hydrogen-bond donors (Lipinski definition) is 0. The molecule has 0 aliphatic carbocycles. The van der Waals surface area contributed by atoms with Crippen molar-refractivity contribution in [2.24, 2.45) is 0 Å². The fourth-order valence-corrected chi connectivity index (χ4v) is 5.23. The van der Waals surface area contributed by atoms with Crippen LogP contribution in [0.3, 0.4) is 0 Å². The van der Waals surface area contributed by atoms with Gasteiger partial charge in [0.05, 0.1) is 0 Å². The predicted molar refractivity (Wildman–Crippen MR) is 101 cm³/mol. The fraction of sp³-hybridized carbons (Fsp3) is 0.444. The van der Waals surface area contributed by atoms with Gasteiger partial charge in [0, 0.05) is 0 Å². The molecular weight excluding hydrogens is 417 g/mol. The van der Waals surface area contributed by atoms with Crippen LogP contribution in [0.15, 0.2) is 35.3 Å². The third kappa shape index (κ3) is 4.55. The zero-order valence-corrected chi connectivity index (χ0v) is 16.9. The summed E-state index contributed by atoms with van der Waals surface area (Å²) in [7, 11) is 0. The first-order chi connectivity index (χ1) is 13.0. The van der Waals surface area contributed by atoms with Crippen LogP contribution in [0, 0.1) is 17.0 Å². The molecule has 0 bridgehead atoms. The first-order valence-corrected chi connectivity index (χ1v) is 10.8. The van der Waals surface area contributed by atoms with Crippen LogP contribution in [0.2, 0.25) is 5.32 Å². The van der Waals surface area contributed by atoms with Gasteiger partial charge in [0.15, 0.2) is 0 Å². The number of ether oxygens (including phenoxy) is 2. The Labute approximate surface area is 162 Å². The molecule has 3 rings (SSSR count).